The Labute approximate surface area is 104 Å². The summed E-state index contributed by atoms with van der Waals surface area (Å²) >= 11 is 5.67. The first-order valence-corrected chi connectivity index (χ1v) is 7.54. The molecule has 7 nitrogen and oxygen atoms in total. The first-order valence-electron chi connectivity index (χ1n) is 4.20. The molecule has 0 aliphatic carbocycles. The van der Waals surface area contributed by atoms with Gasteiger partial charge in [-0.2, -0.15) is 8.42 Å². The lowest BCUT2D eigenvalue weighted by molar-refractivity contribution is 0.572. The molecule has 0 radical (unpaired) electrons. The summed E-state index contributed by atoms with van der Waals surface area (Å²) in [7, 11) is -7.32. The number of halogens is 1. The van der Waals surface area contributed by atoms with Crippen LogP contribution < -0.4 is 14.6 Å². The van der Waals surface area contributed by atoms with Gasteiger partial charge >= 0.3 is 0 Å². The molecule has 0 aromatic heterocycles. The molecule has 0 heterocycles. The van der Waals surface area contributed by atoms with E-state index >= 15 is 0 Å². The Bertz CT molecular complexity index is 627. The standard InChI is InChI=1S/C7H10ClN3O4S2/c1-10-17(14,15)11-16(12,13)7-3-2-5(9)4-6(7)8/h2-4,10-11H,9H2,1H3. The zero-order valence-corrected chi connectivity index (χ0v) is 11.0. The maximum atomic E-state index is 11.7. The molecule has 0 aliphatic rings. The smallest absolute Gasteiger partial charge is 0.290 e. The van der Waals surface area contributed by atoms with Crippen molar-refractivity contribution in [3.05, 3.63) is 23.2 Å². The van der Waals surface area contributed by atoms with Crippen LogP contribution in [-0.2, 0) is 20.2 Å². The molecule has 1 aromatic carbocycles. The van der Waals surface area contributed by atoms with E-state index in [9.17, 15) is 16.8 Å². The molecule has 4 N–H and O–H groups in total. The molecule has 0 atom stereocenters. The fourth-order valence-corrected chi connectivity index (χ4v) is 3.87. The highest BCUT2D eigenvalue weighted by molar-refractivity contribution is 8.03. The summed E-state index contributed by atoms with van der Waals surface area (Å²) in [5.41, 5.74) is 5.66. The molecular weight excluding hydrogens is 290 g/mol. The van der Waals surface area contributed by atoms with Crippen molar-refractivity contribution in [2.45, 2.75) is 4.90 Å². The van der Waals surface area contributed by atoms with Crippen molar-refractivity contribution in [3.8, 4) is 0 Å². The van der Waals surface area contributed by atoms with Crippen LogP contribution in [0.25, 0.3) is 0 Å². The molecule has 0 spiro atoms. The lowest BCUT2D eigenvalue weighted by atomic mass is 10.3. The van der Waals surface area contributed by atoms with Gasteiger partial charge in [-0.1, -0.05) is 15.7 Å². The zero-order valence-electron chi connectivity index (χ0n) is 8.64. The molecule has 0 bridgehead atoms. The van der Waals surface area contributed by atoms with Crippen molar-refractivity contribution >= 4 is 37.5 Å². The van der Waals surface area contributed by atoms with Crippen molar-refractivity contribution in [3.63, 3.8) is 0 Å². The van der Waals surface area contributed by atoms with Crippen molar-refractivity contribution in [2.75, 3.05) is 12.8 Å². The molecular formula is C7H10ClN3O4S2. The number of benzene rings is 1. The molecule has 0 unspecified atom stereocenters. The lowest BCUT2D eigenvalue weighted by Gasteiger charge is -2.08. The number of hydrogen-bond acceptors (Lipinski definition) is 5. The van der Waals surface area contributed by atoms with E-state index in [-0.39, 0.29) is 15.6 Å². The second-order valence-corrected chi connectivity index (χ2v) is 6.92. The van der Waals surface area contributed by atoms with Crippen LogP contribution in [-0.4, -0.2) is 23.9 Å². The number of nitrogens with two attached hydrogens (primary N) is 1. The normalized spacial score (nSPS) is 12.6. The molecule has 0 fully saturated rings. The monoisotopic (exact) mass is 299 g/mol. The van der Waals surface area contributed by atoms with E-state index < -0.39 is 20.2 Å². The molecule has 0 aliphatic heterocycles. The average molecular weight is 300 g/mol. The van der Waals surface area contributed by atoms with Crippen LogP contribution in [0.2, 0.25) is 5.02 Å². The summed E-state index contributed by atoms with van der Waals surface area (Å²) in [6.07, 6.45) is 0. The van der Waals surface area contributed by atoms with E-state index in [0.29, 0.717) is 0 Å². The minimum atomic E-state index is -4.27. The van der Waals surface area contributed by atoms with Crippen LogP contribution in [0.1, 0.15) is 0 Å². The fraction of sp³-hybridized carbons (Fsp3) is 0.143. The third-order valence-corrected chi connectivity index (χ3v) is 5.39. The fourth-order valence-electron chi connectivity index (χ4n) is 0.966. The first-order chi connectivity index (χ1) is 7.68. The minimum absolute atomic E-state index is 0.163. The molecule has 96 valence electrons. The number of anilines is 1. The van der Waals surface area contributed by atoms with E-state index in [0.717, 1.165) is 13.1 Å². The van der Waals surface area contributed by atoms with Crippen molar-refractivity contribution in [1.82, 2.24) is 8.85 Å². The van der Waals surface area contributed by atoms with Gasteiger partial charge in [0.25, 0.3) is 20.2 Å². The van der Waals surface area contributed by atoms with Gasteiger partial charge in [0, 0.05) is 12.7 Å². The van der Waals surface area contributed by atoms with Crippen LogP contribution in [0, 0.1) is 0 Å². The minimum Gasteiger partial charge on any atom is -0.399 e. The van der Waals surface area contributed by atoms with Crippen molar-refractivity contribution in [1.29, 1.82) is 0 Å². The van der Waals surface area contributed by atoms with E-state index in [4.69, 9.17) is 17.3 Å². The van der Waals surface area contributed by atoms with Gasteiger partial charge < -0.3 is 5.73 Å². The van der Waals surface area contributed by atoms with Crippen LogP contribution in [0.15, 0.2) is 23.1 Å². The van der Waals surface area contributed by atoms with E-state index in [1.165, 1.54) is 16.3 Å². The number of nitrogen functional groups attached to an aromatic ring is 1. The second-order valence-electron chi connectivity index (χ2n) is 2.98. The quantitative estimate of drug-likeness (QED) is 0.658. The van der Waals surface area contributed by atoms with Gasteiger partial charge in [-0.05, 0) is 18.2 Å². The third kappa shape index (κ3) is 3.54. The molecule has 17 heavy (non-hydrogen) atoms. The summed E-state index contributed by atoms with van der Waals surface area (Å²) in [5, 5.41) is -0.163. The van der Waals surface area contributed by atoms with Gasteiger partial charge in [0.1, 0.15) is 4.90 Å². The van der Waals surface area contributed by atoms with Crippen molar-refractivity contribution in [2.24, 2.45) is 0 Å². The van der Waals surface area contributed by atoms with Crippen LogP contribution in [0.5, 0.6) is 0 Å². The summed E-state index contributed by atoms with van der Waals surface area (Å²) in [6.45, 7) is 0. The maximum absolute atomic E-state index is 11.7. The summed E-state index contributed by atoms with van der Waals surface area (Å²) in [4.78, 5) is -0.368. The lowest BCUT2D eigenvalue weighted by Crippen LogP contribution is -2.38. The Morgan fingerprint density at radius 2 is 1.82 bits per heavy atom. The summed E-state index contributed by atoms with van der Waals surface area (Å²) in [5.74, 6) is 0. The van der Waals surface area contributed by atoms with Gasteiger partial charge in [-0.3, -0.25) is 0 Å². The predicted molar refractivity (Wildman–Crippen MR) is 64.2 cm³/mol. The SMILES string of the molecule is CNS(=O)(=O)NS(=O)(=O)c1ccc(N)cc1Cl. The van der Waals surface area contributed by atoms with Crippen LogP contribution in [0.4, 0.5) is 5.69 Å². The highest BCUT2D eigenvalue weighted by atomic mass is 35.5. The van der Waals surface area contributed by atoms with Gasteiger partial charge in [-0.25, -0.2) is 13.1 Å². The molecule has 0 amide bonds. The molecule has 0 saturated heterocycles. The predicted octanol–water partition coefficient (Wildman–Crippen LogP) is -0.335. The average Bonchev–Trinajstić information content (AvgIpc) is 2.15. The summed E-state index contributed by atoms with van der Waals surface area (Å²) in [6, 6.07) is 3.62. The highest BCUT2D eigenvalue weighted by Crippen LogP contribution is 2.23. The first kappa shape index (κ1) is 14.2. The largest absolute Gasteiger partial charge is 0.399 e. The molecule has 1 aromatic rings. The molecule has 1 rings (SSSR count). The Morgan fingerprint density at radius 3 is 2.29 bits per heavy atom. The summed E-state index contributed by atoms with van der Waals surface area (Å²) < 4.78 is 48.8. The maximum Gasteiger partial charge on any atom is 0.290 e. The number of hydrogen-bond donors (Lipinski definition) is 3. The van der Waals surface area contributed by atoms with Crippen molar-refractivity contribution < 1.29 is 16.8 Å². The zero-order chi connectivity index (χ0) is 13.3. The Morgan fingerprint density at radius 1 is 1.24 bits per heavy atom. The van der Waals surface area contributed by atoms with Gasteiger partial charge in [0.15, 0.2) is 0 Å². The van der Waals surface area contributed by atoms with Crippen LogP contribution in [0.3, 0.4) is 0 Å². The number of nitrogens with one attached hydrogen (secondary N) is 2. The van der Waals surface area contributed by atoms with E-state index in [2.05, 4.69) is 0 Å². The number of rotatable bonds is 4. The van der Waals surface area contributed by atoms with Gasteiger partial charge in [-0.15, -0.1) is 0 Å². The Hall–Kier alpha value is -0.870. The van der Waals surface area contributed by atoms with Gasteiger partial charge in [0.05, 0.1) is 5.02 Å². The van der Waals surface area contributed by atoms with Crippen LogP contribution >= 0.6 is 11.6 Å². The highest BCUT2D eigenvalue weighted by Gasteiger charge is 2.23. The van der Waals surface area contributed by atoms with E-state index in [1.807, 2.05) is 4.72 Å². The van der Waals surface area contributed by atoms with Gasteiger partial charge in [0.2, 0.25) is 0 Å². The number of sulfonamides is 1. The third-order valence-electron chi connectivity index (χ3n) is 1.73. The Balaban J connectivity index is 3.24. The molecule has 0 saturated carbocycles. The topological polar surface area (TPSA) is 118 Å². The van der Waals surface area contributed by atoms with E-state index in [1.54, 1.807) is 0 Å². The second kappa shape index (κ2) is 4.78. The molecule has 10 heteroatoms. The Kier molecular flexibility index (Phi) is 3.99.